The Morgan fingerprint density at radius 2 is 2.00 bits per heavy atom. The standard InChI is InChI=1S/C5H10O3S.Na.H/c1-2-3-4-5-9(6,7)8;;/h4-5H,2-3H2,1H3,(H,6,7,8);;. The maximum atomic E-state index is 9.97. The monoisotopic (exact) mass is 174 g/mol. The third kappa shape index (κ3) is 11.4. The normalized spacial score (nSPS) is 11.4. The summed E-state index contributed by atoms with van der Waals surface area (Å²) in [6.45, 7) is 1.92. The molecular weight excluding hydrogens is 163 g/mol. The summed E-state index contributed by atoms with van der Waals surface area (Å²) in [6.07, 6.45) is 2.99. The van der Waals surface area contributed by atoms with Gasteiger partial charge in [0.15, 0.2) is 0 Å². The van der Waals surface area contributed by atoms with Crippen LogP contribution in [0.25, 0.3) is 0 Å². The van der Waals surface area contributed by atoms with Gasteiger partial charge in [-0.15, -0.1) is 0 Å². The summed E-state index contributed by atoms with van der Waals surface area (Å²) in [5.74, 6) is 0. The Morgan fingerprint density at radius 3 is 2.30 bits per heavy atom. The molecule has 0 aliphatic rings. The zero-order valence-corrected chi connectivity index (χ0v) is 6.06. The van der Waals surface area contributed by atoms with Crippen molar-refractivity contribution in [3.05, 3.63) is 11.5 Å². The molecule has 0 aliphatic heterocycles. The molecule has 3 nitrogen and oxygen atoms in total. The molecule has 0 aromatic carbocycles. The molecule has 1 N–H and O–H groups in total. The van der Waals surface area contributed by atoms with E-state index in [1.165, 1.54) is 6.08 Å². The number of hydrogen-bond donors (Lipinski definition) is 1. The summed E-state index contributed by atoms with van der Waals surface area (Å²) in [6, 6.07) is 0. The van der Waals surface area contributed by atoms with Crippen LogP contribution in [0, 0.1) is 0 Å². The molecule has 0 atom stereocenters. The molecule has 0 spiro atoms. The van der Waals surface area contributed by atoms with Crippen LogP contribution >= 0.6 is 0 Å². The van der Waals surface area contributed by atoms with E-state index in [1.54, 1.807) is 0 Å². The molecule has 0 saturated carbocycles. The first kappa shape index (κ1) is 13.3. The molecule has 0 unspecified atom stereocenters. The third-order valence-electron chi connectivity index (χ3n) is 0.724. The zero-order valence-electron chi connectivity index (χ0n) is 5.24. The van der Waals surface area contributed by atoms with Crippen molar-refractivity contribution in [2.75, 3.05) is 0 Å². The second-order valence-corrected chi connectivity index (χ2v) is 2.98. The van der Waals surface area contributed by atoms with Gasteiger partial charge >= 0.3 is 29.6 Å². The summed E-state index contributed by atoms with van der Waals surface area (Å²) in [5.41, 5.74) is 0. The van der Waals surface area contributed by atoms with Gasteiger partial charge < -0.3 is 0 Å². The van der Waals surface area contributed by atoms with Crippen LogP contribution < -0.4 is 0 Å². The molecule has 0 bridgehead atoms. The molecule has 5 heteroatoms. The molecule has 56 valence electrons. The maximum absolute atomic E-state index is 9.97. The van der Waals surface area contributed by atoms with Crippen LogP contribution in [0.3, 0.4) is 0 Å². The molecule has 0 aliphatic carbocycles. The number of allylic oxidation sites excluding steroid dienone is 1. The van der Waals surface area contributed by atoms with Gasteiger partial charge in [-0.25, -0.2) is 0 Å². The van der Waals surface area contributed by atoms with Gasteiger partial charge in [-0.3, -0.25) is 4.55 Å². The van der Waals surface area contributed by atoms with Gasteiger partial charge in [-0.05, 0) is 6.42 Å². The SMILES string of the molecule is CCCC=CS(=O)(=O)O.[NaH]. The van der Waals surface area contributed by atoms with Gasteiger partial charge in [0, 0.05) is 0 Å². The van der Waals surface area contributed by atoms with E-state index in [2.05, 4.69) is 0 Å². The van der Waals surface area contributed by atoms with Crippen LogP contribution in [0.1, 0.15) is 19.8 Å². The van der Waals surface area contributed by atoms with E-state index in [9.17, 15) is 8.42 Å². The van der Waals surface area contributed by atoms with Crippen molar-refractivity contribution in [2.24, 2.45) is 0 Å². The zero-order chi connectivity index (χ0) is 7.33. The van der Waals surface area contributed by atoms with Gasteiger partial charge in [-0.1, -0.05) is 19.4 Å². The van der Waals surface area contributed by atoms with Crippen molar-refractivity contribution in [3.8, 4) is 0 Å². The van der Waals surface area contributed by atoms with Crippen molar-refractivity contribution in [3.63, 3.8) is 0 Å². The van der Waals surface area contributed by atoms with Crippen LogP contribution in [0.4, 0.5) is 0 Å². The average Bonchev–Trinajstić information content (AvgIpc) is 1.63. The Balaban J connectivity index is 0. The van der Waals surface area contributed by atoms with Crippen molar-refractivity contribution in [2.45, 2.75) is 19.8 Å². The molecule has 0 radical (unpaired) electrons. The average molecular weight is 174 g/mol. The van der Waals surface area contributed by atoms with Gasteiger partial charge in [0.25, 0.3) is 10.1 Å². The first-order chi connectivity index (χ1) is 4.06. The van der Waals surface area contributed by atoms with E-state index in [1.807, 2.05) is 6.92 Å². The minimum atomic E-state index is -3.88. The Hall–Kier alpha value is 0.650. The van der Waals surface area contributed by atoms with Crippen LogP contribution in [0.15, 0.2) is 11.5 Å². The fraction of sp³-hybridized carbons (Fsp3) is 0.600. The van der Waals surface area contributed by atoms with Crippen molar-refractivity contribution >= 4 is 39.7 Å². The molecule has 0 amide bonds. The number of rotatable bonds is 3. The fourth-order valence-electron chi connectivity index (χ4n) is 0.356. The topological polar surface area (TPSA) is 54.4 Å². The first-order valence-electron chi connectivity index (χ1n) is 2.70. The molecule has 0 fully saturated rings. The minimum absolute atomic E-state index is 0. The van der Waals surface area contributed by atoms with Crippen LogP contribution in [-0.2, 0) is 10.1 Å². The molecule has 0 saturated heterocycles. The van der Waals surface area contributed by atoms with Crippen LogP contribution in [0.5, 0.6) is 0 Å². The van der Waals surface area contributed by atoms with Crippen molar-refractivity contribution in [1.82, 2.24) is 0 Å². The second-order valence-electron chi connectivity index (χ2n) is 1.68. The number of unbranched alkanes of at least 4 members (excludes halogenated alkanes) is 1. The van der Waals surface area contributed by atoms with E-state index < -0.39 is 10.1 Å². The Morgan fingerprint density at radius 1 is 1.50 bits per heavy atom. The van der Waals surface area contributed by atoms with Crippen LogP contribution in [0.2, 0.25) is 0 Å². The second kappa shape index (κ2) is 6.37. The molecular formula is C5H11NaO3S. The molecule has 0 aromatic heterocycles. The van der Waals surface area contributed by atoms with E-state index in [0.717, 1.165) is 11.8 Å². The van der Waals surface area contributed by atoms with E-state index >= 15 is 0 Å². The molecule has 0 rings (SSSR count). The van der Waals surface area contributed by atoms with Crippen LogP contribution in [-0.4, -0.2) is 42.5 Å². The van der Waals surface area contributed by atoms with Crippen molar-refractivity contribution < 1.29 is 13.0 Å². The predicted octanol–water partition coefficient (Wildman–Crippen LogP) is 0.540. The number of hydrogen-bond acceptors (Lipinski definition) is 2. The molecule has 0 heterocycles. The van der Waals surface area contributed by atoms with Gasteiger partial charge in [0.05, 0.1) is 5.41 Å². The quantitative estimate of drug-likeness (QED) is 0.502. The van der Waals surface area contributed by atoms with Gasteiger partial charge in [-0.2, -0.15) is 8.42 Å². The predicted molar refractivity (Wildman–Crippen MR) is 42.7 cm³/mol. The van der Waals surface area contributed by atoms with E-state index in [4.69, 9.17) is 4.55 Å². The third-order valence-corrected chi connectivity index (χ3v) is 1.26. The first-order valence-corrected chi connectivity index (χ1v) is 4.20. The summed E-state index contributed by atoms with van der Waals surface area (Å²) in [5, 5.41) is 0.802. The molecule has 10 heavy (non-hydrogen) atoms. The summed E-state index contributed by atoms with van der Waals surface area (Å²) in [7, 11) is -3.88. The van der Waals surface area contributed by atoms with Gasteiger partial charge in [0.2, 0.25) is 0 Å². The van der Waals surface area contributed by atoms with E-state index in [-0.39, 0.29) is 29.6 Å². The fourth-order valence-corrected chi connectivity index (χ4v) is 0.736. The van der Waals surface area contributed by atoms with Gasteiger partial charge in [0.1, 0.15) is 0 Å². The summed E-state index contributed by atoms with van der Waals surface area (Å²) < 4.78 is 28.1. The summed E-state index contributed by atoms with van der Waals surface area (Å²) in [4.78, 5) is 0. The summed E-state index contributed by atoms with van der Waals surface area (Å²) >= 11 is 0. The Labute approximate surface area is 83.6 Å². The molecule has 0 aromatic rings. The van der Waals surface area contributed by atoms with Crippen molar-refractivity contribution in [1.29, 1.82) is 0 Å². The van der Waals surface area contributed by atoms with E-state index in [0.29, 0.717) is 6.42 Å². The Kier molecular flexibility index (Phi) is 8.44. The Bertz CT molecular complexity index is 183.